The van der Waals surface area contributed by atoms with Crippen molar-refractivity contribution in [1.82, 2.24) is 0 Å². The van der Waals surface area contributed by atoms with Crippen LogP contribution in [0.2, 0.25) is 15.1 Å². The summed E-state index contributed by atoms with van der Waals surface area (Å²) in [6.07, 6.45) is 2.70. The lowest BCUT2D eigenvalue weighted by Crippen LogP contribution is -2.20. The average molecular weight is 385 g/mol. The lowest BCUT2D eigenvalue weighted by molar-refractivity contribution is -0.142. The van der Waals surface area contributed by atoms with Gasteiger partial charge in [0.15, 0.2) is 6.61 Å². The molecule has 0 aliphatic heterocycles. The Hall–Kier alpha value is -2.01. The van der Waals surface area contributed by atoms with E-state index in [2.05, 4.69) is 5.32 Å². The first-order chi connectivity index (χ1) is 11.5. The number of rotatable bonds is 5. The van der Waals surface area contributed by atoms with Crippen LogP contribution in [0, 0.1) is 0 Å². The van der Waals surface area contributed by atoms with Gasteiger partial charge in [0.25, 0.3) is 5.91 Å². The smallest absolute Gasteiger partial charge is 0.331 e. The highest BCUT2D eigenvalue weighted by Gasteiger charge is 2.11. The van der Waals surface area contributed by atoms with E-state index in [0.717, 1.165) is 0 Å². The van der Waals surface area contributed by atoms with E-state index >= 15 is 0 Å². The van der Waals surface area contributed by atoms with Crippen molar-refractivity contribution in [2.45, 2.75) is 0 Å². The third-order valence-corrected chi connectivity index (χ3v) is 3.85. The van der Waals surface area contributed by atoms with Crippen molar-refractivity contribution in [3.63, 3.8) is 0 Å². The number of esters is 1. The van der Waals surface area contributed by atoms with Crippen LogP contribution in [-0.4, -0.2) is 18.5 Å². The van der Waals surface area contributed by atoms with Crippen LogP contribution in [0.25, 0.3) is 6.08 Å². The van der Waals surface area contributed by atoms with E-state index < -0.39 is 18.5 Å². The van der Waals surface area contributed by atoms with Gasteiger partial charge in [-0.2, -0.15) is 0 Å². The lowest BCUT2D eigenvalue weighted by atomic mass is 10.2. The summed E-state index contributed by atoms with van der Waals surface area (Å²) in [7, 11) is 0. The van der Waals surface area contributed by atoms with Gasteiger partial charge in [0.1, 0.15) is 0 Å². The zero-order chi connectivity index (χ0) is 17.5. The molecule has 2 rings (SSSR count). The van der Waals surface area contributed by atoms with E-state index in [4.69, 9.17) is 39.5 Å². The fraction of sp³-hybridized carbons (Fsp3) is 0.0588. The molecule has 0 bridgehead atoms. The first-order valence-electron chi connectivity index (χ1n) is 6.80. The Morgan fingerprint density at radius 3 is 2.25 bits per heavy atom. The molecule has 0 radical (unpaired) electrons. The number of hydrogen-bond acceptors (Lipinski definition) is 3. The zero-order valence-electron chi connectivity index (χ0n) is 12.3. The van der Waals surface area contributed by atoms with Gasteiger partial charge in [0, 0.05) is 11.1 Å². The lowest BCUT2D eigenvalue weighted by Gasteiger charge is -2.08. The second kappa shape index (κ2) is 8.73. The first-order valence-corrected chi connectivity index (χ1v) is 7.94. The average Bonchev–Trinajstić information content (AvgIpc) is 2.56. The predicted molar refractivity (Wildman–Crippen MR) is 96.5 cm³/mol. The van der Waals surface area contributed by atoms with E-state index in [1.165, 1.54) is 12.2 Å². The van der Waals surface area contributed by atoms with E-state index in [0.29, 0.717) is 20.6 Å². The Bertz CT molecular complexity index is 770. The molecule has 0 unspecified atom stereocenters. The van der Waals surface area contributed by atoms with Gasteiger partial charge in [0.2, 0.25) is 0 Å². The molecule has 124 valence electrons. The Kier molecular flexibility index (Phi) is 6.67. The second-order valence-corrected chi connectivity index (χ2v) is 5.83. The SMILES string of the molecule is O=C(COC(=O)/C=C/c1ccccc1Cl)Nc1c(Cl)cccc1Cl. The number of nitrogens with one attached hydrogen (secondary N) is 1. The van der Waals surface area contributed by atoms with Gasteiger partial charge >= 0.3 is 5.97 Å². The number of benzene rings is 2. The number of para-hydroxylation sites is 1. The van der Waals surface area contributed by atoms with Crippen LogP contribution in [0.4, 0.5) is 5.69 Å². The highest BCUT2D eigenvalue weighted by atomic mass is 35.5. The van der Waals surface area contributed by atoms with Crippen molar-refractivity contribution in [1.29, 1.82) is 0 Å². The maximum atomic E-state index is 11.8. The molecule has 0 heterocycles. The fourth-order valence-corrected chi connectivity index (χ4v) is 2.44. The van der Waals surface area contributed by atoms with Crippen molar-refractivity contribution >= 4 is 58.4 Å². The van der Waals surface area contributed by atoms with Crippen LogP contribution in [0.3, 0.4) is 0 Å². The number of ether oxygens (including phenoxy) is 1. The van der Waals surface area contributed by atoms with Gasteiger partial charge < -0.3 is 10.1 Å². The molecule has 0 aromatic heterocycles. The molecular formula is C17H12Cl3NO3. The summed E-state index contributed by atoms with van der Waals surface area (Å²) in [4.78, 5) is 23.4. The van der Waals surface area contributed by atoms with Crippen LogP contribution in [0.15, 0.2) is 48.5 Å². The van der Waals surface area contributed by atoms with Crippen molar-refractivity contribution in [3.8, 4) is 0 Å². The summed E-state index contributed by atoms with van der Waals surface area (Å²) >= 11 is 17.8. The highest BCUT2D eigenvalue weighted by molar-refractivity contribution is 6.39. The van der Waals surface area contributed by atoms with Gasteiger partial charge in [-0.3, -0.25) is 4.79 Å². The molecule has 0 spiro atoms. The molecule has 0 atom stereocenters. The summed E-state index contributed by atoms with van der Waals surface area (Å²) in [6.45, 7) is -0.465. The van der Waals surface area contributed by atoms with Gasteiger partial charge in [-0.05, 0) is 29.8 Å². The Labute approximate surface area is 154 Å². The summed E-state index contributed by atoms with van der Waals surface area (Å²) in [6, 6.07) is 11.8. The Morgan fingerprint density at radius 2 is 1.58 bits per heavy atom. The fourth-order valence-electron chi connectivity index (χ4n) is 1.75. The monoisotopic (exact) mass is 383 g/mol. The molecule has 0 aliphatic carbocycles. The van der Waals surface area contributed by atoms with E-state index in [9.17, 15) is 9.59 Å². The number of carbonyl (C=O) groups is 2. The summed E-state index contributed by atoms with van der Waals surface area (Å²) in [5, 5.41) is 3.58. The van der Waals surface area contributed by atoms with Crippen LogP contribution >= 0.6 is 34.8 Å². The van der Waals surface area contributed by atoms with Crippen LogP contribution in [-0.2, 0) is 14.3 Å². The Balaban J connectivity index is 1.88. The number of amides is 1. The molecule has 2 aromatic rings. The standard InChI is InChI=1S/C17H12Cl3NO3/c18-12-5-2-1-4-11(12)8-9-16(23)24-10-15(22)21-17-13(19)6-3-7-14(17)20/h1-9H,10H2,(H,21,22)/b9-8+. The van der Waals surface area contributed by atoms with E-state index in [1.54, 1.807) is 42.5 Å². The van der Waals surface area contributed by atoms with Crippen molar-refractivity contribution < 1.29 is 14.3 Å². The van der Waals surface area contributed by atoms with Crippen molar-refractivity contribution in [2.24, 2.45) is 0 Å². The largest absolute Gasteiger partial charge is 0.452 e. The number of halogens is 3. The van der Waals surface area contributed by atoms with Gasteiger partial charge in [0.05, 0.1) is 15.7 Å². The summed E-state index contributed by atoms with van der Waals surface area (Å²) < 4.78 is 4.85. The van der Waals surface area contributed by atoms with Gasteiger partial charge in [-0.15, -0.1) is 0 Å². The number of carbonyl (C=O) groups excluding carboxylic acids is 2. The molecule has 7 heteroatoms. The number of anilines is 1. The number of hydrogen-bond donors (Lipinski definition) is 1. The van der Waals surface area contributed by atoms with Gasteiger partial charge in [-0.1, -0.05) is 59.1 Å². The molecular weight excluding hydrogens is 373 g/mol. The molecule has 0 fully saturated rings. The third-order valence-electron chi connectivity index (χ3n) is 2.88. The second-order valence-electron chi connectivity index (χ2n) is 4.61. The molecule has 24 heavy (non-hydrogen) atoms. The molecule has 4 nitrogen and oxygen atoms in total. The molecule has 0 aliphatic rings. The van der Waals surface area contributed by atoms with Crippen molar-refractivity contribution in [2.75, 3.05) is 11.9 Å². The van der Waals surface area contributed by atoms with Crippen LogP contribution < -0.4 is 5.32 Å². The zero-order valence-corrected chi connectivity index (χ0v) is 14.5. The quantitative estimate of drug-likeness (QED) is 0.592. The summed E-state index contributed by atoms with van der Waals surface area (Å²) in [5.74, 6) is -1.22. The predicted octanol–water partition coefficient (Wildman–Crippen LogP) is 4.84. The minimum atomic E-state index is -0.671. The minimum Gasteiger partial charge on any atom is -0.452 e. The normalized spacial score (nSPS) is 10.6. The third kappa shape index (κ3) is 5.27. The molecule has 1 N–H and O–H groups in total. The van der Waals surface area contributed by atoms with Crippen molar-refractivity contribution in [3.05, 3.63) is 69.2 Å². The van der Waals surface area contributed by atoms with Gasteiger partial charge in [-0.25, -0.2) is 4.79 Å². The highest BCUT2D eigenvalue weighted by Crippen LogP contribution is 2.29. The maximum Gasteiger partial charge on any atom is 0.331 e. The van der Waals surface area contributed by atoms with Crippen LogP contribution in [0.5, 0.6) is 0 Å². The Morgan fingerprint density at radius 1 is 0.958 bits per heavy atom. The molecule has 2 aromatic carbocycles. The molecule has 1 amide bonds. The maximum absolute atomic E-state index is 11.8. The first kappa shape index (κ1) is 18.3. The minimum absolute atomic E-state index is 0.272. The molecule has 0 saturated carbocycles. The van der Waals surface area contributed by atoms with E-state index in [1.807, 2.05) is 0 Å². The van der Waals surface area contributed by atoms with E-state index in [-0.39, 0.29) is 5.69 Å². The van der Waals surface area contributed by atoms with Crippen LogP contribution in [0.1, 0.15) is 5.56 Å². The molecule has 0 saturated heterocycles. The summed E-state index contributed by atoms with van der Waals surface area (Å²) in [5.41, 5.74) is 0.942. The topological polar surface area (TPSA) is 55.4 Å².